The van der Waals surface area contributed by atoms with Crippen molar-refractivity contribution in [3.63, 3.8) is 0 Å². The predicted octanol–water partition coefficient (Wildman–Crippen LogP) is 4.22. The monoisotopic (exact) mass is 356 g/mol. The number of amides is 1. The van der Waals surface area contributed by atoms with Crippen molar-refractivity contribution in [1.29, 1.82) is 0 Å². The zero-order valence-corrected chi connectivity index (χ0v) is 14.6. The lowest BCUT2D eigenvalue weighted by Crippen LogP contribution is -2.26. The van der Waals surface area contributed by atoms with Gasteiger partial charge in [0.05, 0.1) is 17.9 Å². The second kappa shape index (κ2) is 7.40. The minimum Gasteiger partial charge on any atom is -0.345 e. The third-order valence-corrected chi connectivity index (χ3v) is 4.68. The summed E-state index contributed by atoms with van der Waals surface area (Å²) in [6, 6.07) is 12.5. The Bertz CT molecular complexity index is 865. The van der Waals surface area contributed by atoms with Crippen molar-refractivity contribution < 1.29 is 9.18 Å². The Morgan fingerprint density at radius 2 is 1.96 bits per heavy atom. The molecule has 1 amide bonds. The maximum absolute atomic E-state index is 12.9. The normalized spacial score (nSPS) is 11.8. The van der Waals surface area contributed by atoms with Crippen LogP contribution in [0.1, 0.15) is 33.9 Å². The van der Waals surface area contributed by atoms with Crippen LogP contribution in [0.5, 0.6) is 0 Å². The summed E-state index contributed by atoms with van der Waals surface area (Å²) < 4.78 is 12.9. The standard InChI is InChI=1S/C18H17FN4OS/c1-11(13-6-4-3-5-7-13)21-17(24)16-12(2)22-18(25-16)23-15-9-8-14(19)10-20-15/h3-11H,1-2H3,(H,21,24)(H,20,22,23). The lowest BCUT2D eigenvalue weighted by Gasteiger charge is -2.13. The predicted molar refractivity (Wildman–Crippen MR) is 96.7 cm³/mol. The molecule has 0 fully saturated rings. The molecule has 0 saturated carbocycles. The van der Waals surface area contributed by atoms with Gasteiger partial charge in [0.1, 0.15) is 16.5 Å². The Morgan fingerprint density at radius 3 is 2.64 bits per heavy atom. The number of hydrogen-bond acceptors (Lipinski definition) is 5. The van der Waals surface area contributed by atoms with Crippen LogP contribution >= 0.6 is 11.3 Å². The number of thiazole rings is 1. The van der Waals surface area contributed by atoms with Crippen LogP contribution in [0.15, 0.2) is 48.7 Å². The van der Waals surface area contributed by atoms with Gasteiger partial charge in [-0.1, -0.05) is 41.7 Å². The number of halogens is 1. The number of pyridine rings is 1. The third-order valence-electron chi connectivity index (χ3n) is 3.61. The molecule has 0 spiro atoms. The second-order valence-corrected chi connectivity index (χ2v) is 6.53. The molecule has 128 valence electrons. The molecule has 2 N–H and O–H groups in total. The molecule has 2 aromatic heterocycles. The molecule has 0 aliphatic rings. The number of hydrogen-bond donors (Lipinski definition) is 2. The third kappa shape index (κ3) is 4.19. The first-order valence-corrected chi connectivity index (χ1v) is 8.56. The molecule has 1 atom stereocenters. The second-order valence-electron chi connectivity index (χ2n) is 5.53. The Morgan fingerprint density at radius 1 is 1.20 bits per heavy atom. The molecule has 5 nitrogen and oxygen atoms in total. The van der Waals surface area contributed by atoms with E-state index in [1.807, 2.05) is 37.3 Å². The average molecular weight is 356 g/mol. The van der Waals surface area contributed by atoms with Gasteiger partial charge < -0.3 is 10.6 Å². The number of aryl methyl sites for hydroxylation is 1. The Kier molecular flexibility index (Phi) is 5.04. The summed E-state index contributed by atoms with van der Waals surface area (Å²) in [5.41, 5.74) is 1.67. The smallest absolute Gasteiger partial charge is 0.263 e. The van der Waals surface area contributed by atoms with E-state index in [1.54, 1.807) is 6.92 Å². The summed E-state index contributed by atoms with van der Waals surface area (Å²) in [4.78, 5) is 21.3. The molecule has 25 heavy (non-hydrogen) atoms. The lowest BCUT2D eigenvalue weighted by molar-refractivity contribution is 0.0943. The number of anilines is 2. The van der Waals surface area contributed by atoms with Gasteiger partial charge in [-0.15, -0.1) is 0 Å². The topological polar surface area (TPSA) is 66.9 Å². The molecule has 1 unspecified atom stereocenters. The highest BCUT2D eigenvalue weighted by Crippen LogP contribution is 2.25. The molecule has 0 radical (unpaired) electrons. The number of rotatable bonds is 5. The van der Waals surface area contributed by atoms with Crippen molar-refractivity contribution in [3.05, 3.63) is 70.6 Å². The summed E-state index contributed by atoms with van der Waals surface area (Å²) in [7, 11) is 0. The van der Waals surface area contributed by atoms with Crippen molar-refractivity contribution in [2.45, 2.75) is 19.9 Å². The van der Waals surface area contributed by atoms with E-state index in [0.717, 1.165) is 11.8 Å². The Hall–Kier alpha value is -2.80. The number of carbonyl (C=O) groups is 1. The van der Waals surface area contributed by atoms with Crippen molar-refractivity contribution in [1.82, 2.24) is 15.3 Å². The number of aromatic nitrogens is 2. The van der Waals surface area contributed by atoms with Crippen molar-refractivity contribution in [3.8, 4) is 0 Å². The SMILES string of the molecule is Cc1nc(Nc2ccc(F)cn2)sc1C(=O)NC(C)c1ccccc1. The summed E-state index contributed by atoms with van der Waals surface area (Å²) in [6.07, 6.45) is 1.12. The minimum atomic E-state index is -0.407. The van der Waals surface area contributed by atoms with Crippen LogP contribution in [0.2, 0.25) is 0 Å². The molecule has 0 bridgehead atoms. The molecular weight excluding hydrogens is 339 g/mol. The molecule has 3 rings (SSSR count). The van der Waals surface area contributed by atoms with Gasteiger partial charge in [0, 0.05) is 0 Å². The van der Waals surface area contributed by atoms with Crippen molar-refractivity contribution >= 4 is 28.2 Å². The van der Waals surface area contributed by atoms with Gasteiger partial charge in [0.15, 0.2) is 5.13 Å². The van der Waals surface area contributed by atoms with Gasteiger partial charge in [-0.2, -0.15) is 0 Å². The number of carbonyl (C=O) groups excluding carboxylic acids is 1. The number of nitrogens with zero attached hydrogens (tertiary/aromatic N) is 2. The molecule has 0 aliphatic heterocycles. The van der Waals surface area contributed by atoms with Gasteiger partial charge in [0.25, 0.3) is 5.91 Å². The zero-order chi connectivity index (χ0) is 17.8. The van der Waals surface area contributed by atoms with Crippen LogP contribution < -0.4 is 10.6 Å². The lowest BCUT2D eigenvalue weighted by atomic mass is 10.1. The molecular formula is C18H17FN4OS. The summed E-state index contributed by atoms with van der Waals surface area (Å²) >= 11 is 1.24. The maximum Gasteiger partial charge on any atom is 0.263 e. The van der Waals surface area contributed by atoms with Gasteiger partial charge in [-0.3, -0.25) is 4.79 Å². The van der Waals surface area contributed by atoms with Crippen LogP contribution in [0.25, 0.3) is 0 Å². The van der Waals surface area contributed by atoms with E-state index in [9.17, 15) is 9.18 Å². The minimum absolute atomic E-state index is 0.106. The van der Waals surface area contributed by atoms with Crippen LogP contribution in [0, 0.1) is 12.7 Å². The van der Waals surface area contributed by atoms with Crippen molar-refractivity contribution in [2.24, 2.45) is 0 Å². The van der Waals surface area contributed by atoms with Gasteiger partial charge in [-0.25, -0.2) is 14.4 Å². The first-order chi connectivity index (χ1) is 12.0. The van der Waals surface area contributed by atoms with E-state index in [2.05, 4.69) is 20.6 Å². The van der Waals surface area contributed by atoms with E-state index in [1.165, 1.54) is 23.5 Å². The van der Waals surface area contributed by atoms with E-state index in [4.69, 9.17) is 0 Å². The number of nitrogens with one attached hydrogen (secondary N) is 2. The highest BCUT2D eigenvalue weighted by molar-refractivity contribution is 7.17. The highest BCUT2D eigenvalue weighted by Gasteiger charge is 2.18. The van der Waals surface area contributed by atoms with Crippen LogP contribution in [0.3, 0.4) is 0 Å². The fourth-order valence-electron chi connectivity index (χ4n) is 2.31. The van der Waals surface area contributed by atoms with Crippen LogP contribution in [-0.2, 0) is 0 Å². The molecule has 0 saturated heterocycles. The molecule has 1 aromatic carbocycles. The van der Waals surface area contributed by atoms with Crippen LogP contribution in [-0.4, -0.2) is 15.9 Å². The molecule has 7 heteroatoms. The molecule has 2 heterocycles. The van der Waals surface area contributed by atoms with Crippen LogP contribution in [0.4, 0.5) is 15.3 Å². The zero-order valence-electron chi connectivity index (χ0n) is 13.8. The molecule has 3 aromatic rings. The van der Waals surface area contributed by atoms with Gasteiger partial charge in [0.2, 0.25) is 0 Å². The van der Waals surface area contributed by atoms with E-state index in [0.29, 0.717) is 21.5 Å². The van der Waals surface area contributed by atoms with Crippen molar-refractivity contribution in [2.75, 3.05) is 5.32 Å². The fraction of sp³-hybridized carbons (Fsp3) is 0.167. The summed E-state index contributed by atoms with van der Waals surface area (Å²) in [5.74, 6) is -0.109. The van der Waals surface area contributed by atoms with E-state index >= 15 is 0 Å². The van der Waals surface area contributed by atoms with E-state index < -0.39 is 5.82 Å². The molecule has 0 aliphatic carbocycles. The summed E-state index contributed by atoms with van der Waals surface area (Å²) in [5, 5.41) is 6.49. The highest BCUT2D eigenvalue weighted by atomic mass is 32.1. The quantitative estimate of drug-likeness (QED) is 0.718. The average Bonchev–Trinajstić information content (AvgIpc) is 2.98. The fourth-order valence-corrected chi connectivity index (χ4v) is 3.18. The van der Waals surface area contributed by atoms with Gasteiger partial charge in [-0.05, 0) is 31.5 Å². The number of benzene rings is 1. The van der Waals surface area contributed by atoms with E-state index in [-0.39, 0.29) is 11.9 Å². The van der Waals surface area contributed by atoms with Gasteiger partial charge >= 0.3 is 0 Å². The maximum atomic E-state index is 12.9. The summed E-state index contributed by atoms with van der Waals surface area (Å²) in [6.45, 7) is 3.72. The largest absolute Gasteiger partial charge is 0.345 e. The Labute approximate surface area is 149 Å². The first kappa shape index (κ1) is 17.0. The first-order valence-electron chi connectivity index (χ1n) is 7.75. The Balaban J connectivity index is 1.71.